The number of allylic oxidation sites excluding steroid dienone is 7. The lowest BCUT2D eigenvalue weighted by Gasteiger charge is -2.27. The summed E-state index contributed by atoms with van der Waals surface area (Å²) in [6.07, 6.45) is 15.0. The van der Waals surface area contributed by atoms with Gasteiger partial charge < -0.3 is 10.2 Å². The van der Waals surface area contributed by atoms with E-state index >= 15 is 0 Å². The third-order valence-electron chi connectivity index (χ3n) is 4.86. The van der Waals surface area contributed by atoms with Crippen molar-refractivity contribution in [3.05, 3.63) is 47.6 Å². The molecule has 0 aromatic carbocycles. The van der Waals surface area contributed by atoms with Crippen molar-refractivity contribution in [1.82, 2.24) is 0 Å². The van der Waals surface area contributed by atoms with E-state index in [-0.39, 0.29) is 29.5 Å². The first kappa shape index (κ1) is 23.4. The van der Waals surface area contributed by atoms with E-state index in [4.69, 9.17) is 16.7 Å². The second-order valence-corrected chi connectivity index (χ2v) is 8.35. The van der Waals surface area contributed by atoms with Crippen LogP contribution in [0.15, 0.2) is 47.6 Å². The second-order valence-electron chi connectivity index (χ2n) is 7.75. The molecule has 4 nitrogen and oxygen atoms in total. The summed E-state index contributed by atoms with van der Waals surface area (Å²) in [5.41, 5.74) is -0.349. The standard InChI is InChI=1S/C22H31ClO4/c1-16(23)14-15-22(2,3)20(25)13-11-17-10-12-19(24)18(17)8-6-4-5-7-9-21(26)27/h4,6,10-14,17-18,20,25H,5,7-9,15H2,1-3H3,(H,26,27)/b6-4-,13-11+,16-14-/t17-,18+,20-/m0/s1. The minimum Gasteiger partial charge on any atom is -0.481 e. The highest BCUT2D eigenvalue weighted by Crippen LogP contribution is 2.31. The Morgan fingerprint density at radius 3 is 2.70 bits per heavy atom. The SMILES string of the molecule is C/C(Cl)=C/CC(C)(C)[C@@H](O)/C=C/[C@@H]1C=CC(=O)[C@@H]1C/C=C\CCCC(=O)O. The van der Waals surface area contributed by atoms with Gasteiger partial charge in [-0.25, -0.2) is 0 Å². The number of rotatable bonds is 11. The molecule has 0 spiro atoms. The van der Waals surface area contributed by atoms with E-state index in [0.29, 0.717) is 30.7 Å². The Labute approximate surface area is 167 Å². The second kappa shape index (κ2) is 11.3. The number of aliphatic hydroxyl groups excluding tert-OH is 1. The number of hydrogen-bond acceptors (Lipinski definition) is 3. The van der Waals surface area contributed by atoms with Crippen molar-refractivity contribution >= 4 is 23.4 Å². The zero-order valence-corrected chi connectivity index (χ0v) is 17.2. The lowest BCUT2D eigenvalue weighted by Crippen LogP contribution is -2.27. The molecule has 0 aromatic heterocycles. The topological polar surface area (TPSA) is 74.6 Å². The molecule has 0 aromatic rings. The van der Waals surface area contributed by atoms with Crippen LogP contribution in [0, 0.1) is 17.3 Å². The van der Waals surface area contributed by atoms with Crippen LogP contribution >= 0.6 is 11.6 Å². The molecule has 2 N–H and O–H groups in total. The van der Waals surface area contributed by atoms with Crippen LogP contribution < -0.4 is 0 Å². The molecule has 0 fully saturated rings. The molecule has 27 heavy (non-hydrogen) atoms. The fourth-order valence-corrected chi connectivity index (χ4v) is 2.95. The number of aliphatic carboxylic acids is 1. The Balaban J connectivity index is 2.59. The molecule has 0 amide bonds. The van der Waals surface area contributed by atoms with E-state index in [1.54, 1.807) is 12.2 Å². The molecule has 1 aliphatic carbocycles. The molecule has 0 heterocycles. The van der Waals surface area contributed by atoms with Crippen LogP contribution in [0.2, 0.25) is 0 Å². The lowest BCUT2D eigenvalue weighted by molar-refractivity contribution is -0.137. The number of carbonyl (C=O) groups is 2. The van der Waals surface area contributed by atoms with Crippen LogP contribution in [0.1, 0.15) is 52.9 Å². The summed E-state index contributed by atoms with van der Waals surface area (Å²) < 4.78 is 0. The third-order valence-corrected chi connectivity index (χ3v) is 5.01. The summed E-state index contributed by atoms with van der Waals surface area (Å²) in [6, 6.07) is 0. The number of carbonyl (C=O) groups excluding carboxylic acids is 1. The number of carboxylic acids is 1. The van der Waals surface area contributed by atoms with Crippen molar-refractivity contribution in [3.8, 4) is 0 Å². The first-order valence-electron chi connectivity index (χ1n) is 9.41. The molecule has 1 aliphatic rings. The maximum Gasteiger partial charge on any atom is 0.303 e. The summed E-state index contributed by atoms with van der Waals surface area (Å²) in [4.78, 5) is 22.6. The molecule has 0 saturated heterocycles. The Kier molecular flexibility index (Phi) is 9.75. The van der Waals surface area contributed by atoms with Gasteiger partial charge in [0, 0.05) is 23.3 Å². The molecule has 0 bridgehead atoms. The van der Waals surface area contributed by atoms with Crippen LogP contribution in [0.3, 0.4) is 0 Å². The highest BCUT2D eigenvalue weighted by Gasteiger charge is 2.29. The summed E-state index contributed by atoms with van der Waals surface area (Å²) in [6.45, 7) is 5.77. The Morgan fingerprint density at radius 2 is 2.07 bits per heavy atom. The number of aliphatic hydroxyl groups is 1. The lowest BCUT2D eigenvalue weighted by atomic mass is 9.81. The molecular formula is C22H31ClO4. The largest absolute Gasteiger partial charge is 0.481 e. The first-order chi connectivity index (χ1) is 12.6. The van der Waals surface area contributed by atoms with Crippen molar-refractivity contribution in [3.63, 3.8) is 0 Å². The highest BCUT2D eigenvalue weighted by molar-refractivity contribution is 6.29. The van der Waals surface area contributed by atoms with Crippen molar-refractivity contribution in [2.24, 2.45) is 17.3 Å². The highest BCUT2D eigenvalue weighted by atomic mass is 35.5. The predicted octanol–water partition coefficient (Wildman–Crippen LogP) is 5.03. The van der Waals surface area contributed by atoms with E-state index < -0.39 is 12.1 Å². The number of halogens is 1. The van der Waals surface area contributed by atoms with E-state index in [1.165, 1.54) is 0 Å². The Morgan fingerprint density at radius 1 is 1.37 bits per heavy atom. The molecule has 0 unspecified atom stereocenters. The molecule has 1 rings (SSSR count). The maximum absolute atomic E-state index is 12.1. The van der Waals surface area contributed by atoms with Crippen molar-refractivity contribution in [1.29, 1.82) is 0 Å². The van der Waals surface area contributed by atoms with Crippen LogP contribution in [0.25, 0.3) is 0 Å². The maximum atomic E-state index is 12.1. The van der Waals surface area contributed by atoms with Gasteiger partial charge in [0.15, 0.2) is 5.78 Å². The van der Waals surface area contributed by atoms with E-state index in [1.807, 2.05) is 51.2 Å². The number of unbranched alkanes of at least 4 members (excludes halogenated alkanes) is 1. The zero-order chi connectivity index (χ0) is 20.4. The average Bonchev–Trinajstić information content (AvgIpc) is 2.93. The van der Waals surface area contributed by atoms with Crippen molar-refractivity contribution in [2.75, 3.05) is 0 Å². The zero-order valence-electron chi connectivity index (χ0n) is 16.4. The summed E-state index contributed by atoms with van der Waals surface area (Å²) >= 11 is 5.88. The summed E-state index contributed by atoms with van der Waals surface area (Å²) in [5.74, 6) is -0.884. The van der Waals surface area contributed by atoms with Crippen LogP contribution in [-0.4, -0.2) is 28.1 Å². The quantitative estimate of drug-likeness (QED) is 0.380. The minimum atomic E-state index is -0.790. The smallest absolute Gasteiger partial charge is 0.303 e. The van der Waals surface area contributed by atoms with Crippen molar-refractivity contribution in [2.45, 2.75) is 59.0 Å². The van der Waals surface area contributed by atoms with Gasteiger partial charge in [-0.2, -0.15) is 0 Å². The van der Waals surface area contributed by atoms with Crippen molar-refractivity contribution < 1.29 is 19.8 Å². The first-order valence-corrected chi connectivity index (χ1v) is 9.79. The van der Waals surface area contributed by atoms with Crippen LogP contribution in [-0.2, 0) is 9.59 Å². The van der Waals surface area contributed by atoms with Crippen LogP contribution in [0.4, 0.5) is 0 Å². The van der Waals surface area contributed by atoms with Gasteiger partial charge in [-0.1, -0.05) is 61.9 Å². The number of ketones is 1. The van der Waals surface area contributed by atoms with Gasteiger partial charge in [0.25, 0.3) is 0 Å². The van der Waals surface area contributed by atoms with E-state index in [0.717, 1.165) is 0 Å². The Bertz CT molecular complexity index is 624. The molecule has 0 radical (unpaired) electrons. The average molecular weight is 395 g/mol. The third kappa shape index (κ3) is 8.72. The Hall–Kier alpha value is -1.65. The fourth-order valence-electron chi connectivity index (χ4n) is 2.88. The summed E-state index contributed by atoms with van der Waals surface area (Å²) in [5, 5.41) is 19.8. The van der Waals surface area contributed by atoms with Gasteiger partial charge in [0.2, 0.25) is 0 Å². The molecule has 150 valence electrons. The number of hydrogen-bond donors (Lipinski definition) is 2. The van der Waals surface area contributed by atoms with Gasteiger partial charge in [0.05, 0.1) is 6.10 Å². The molecule has 0 saturated carbocycles. The minimum absolute atomic E-state index is 0.0306. The van der Waals surface area contributed by atoms with Crippen LogP contribution in [0.5, 0.6) is 0 Å². The van der Waals surface area contributed by atoms with Gasteiger partial charge in [-0.3, -0.25) is 9.59 Å². The molecule has 0 aliphatic heterocycles. The summed E-state index contributed by atoms with van der Waals surface area (Å²) in [7, 11) is 0. The normalized spacial score (nSPS) is 22.3. The predicted molar refractivity (Wildman–Crippen MR) is 110 cm³/mol. The van der Waals surface area contributed by atoms with E-state index in [9.17, 15) is 14.7 Å². The van der Waals surface area contributed by atoms with E-state index in [2.05, 4.69) is 0 Å². The van der Waals surface area contributed by atoms with Gasteiger partial charge >= 0.3 is 5.97 Å². The molecule has 3 atom stereocenters. The van der Waals surface area contributed by atoms with Gasteiger partial charge in [-0.15, -0.1) is 0 Å². The molecular weight excluding hydrogens is 364 g/mol. The monoisotopic (exact) mass is 394 g/mol. The fraction of sp³-hybridized carbons (Fsp3) is 0.545. The molecule has 5 heteroatoms. The van der Waals surface area contributed by atoms with Gasteiger partial charge in [-0.05, 0) is 44.1 Å². The number of carboxylic acid groups (broad SMARTS) is 1. The van der Waals surface area contributed by atoms with Gasteiger partial charge in [0.1, 0.15) is 0 Å².